The van der Waals surface area contributed by atoms with Crippen molar-refractivity contribution in [1.29, 1.82) is 0 Å². The summed E-state index contributed by atoms with van der Waals surface area (Å²) in [5, 5.41) is 24.6. The van der Waals surface area contributed by atoms with Crippen LogP contribution in [0.4, 0.5) is 0 Å². The Kier molecular flexibility index (Phi) is 12.9. The Labute approximate surface area is 292 Å². The zero-order valence-corrected chi connectivity index (χ0v) is 28.8. The van der Waals surface area contributed by atoms with E-state index in [-0.39, 0.29) is 31.1 Å². The minimum atomic E-state index is -1.10. The molecule has 14 heteroatoms. The number of carbonyl (C=O) groups excluding carboxylic acids is 5. The van der Waals surface area contributed by atoms with Crippen LogP contribution in [-0.4, -0.2) is 117 Å². The molecule has 0 radical (unpaired) electrons. The van der Waals surface area contributed by atoms with E-state index in [1.54, 1.807) is 38.1 Å². The molecule has 270 valence electrons. The van der Waals surface area contributed by atoms with Gasteiger partial charge in [-0.15, -0.1) is 0 Å². The van der Waals surface area contributed by atoms with Gasteiger partial charge in [-0.1, -0.05) is 56.3 Å². The van der Waals surface area contributed by atoms with Gasteiger partial charge < -0.3 is 41.3 Å². The number of nitrogens with one attached hydrogen (secondary N) is 2. The molecule has 0 saturated carbocycles. The number of nitrogens with zero attached hydrogens (tertiary/aromatic N) is 3. The van der Waals surface area contributed by atoms with Gasteiger partial charge in [-0.2, -0.15) is 0 Å². The maximum atomic E-state index is 13.8. The average molecular weight is 693 g/mol. The summed E-state index contributed by atoms with van der Waals surface area (Å²) in [7, 11) is 1.45. The van der Waals surface area contributed by atoms with Crippen molar-refractivity contribution in [1.82, 2.24) is 25.3 Å². The normalized spacial score (nSPS) is 19.1. The third kappa shape index (κ3) is 9.59. The number of likely N-dealkylation sites (N-methyl/N-ethyl adjacent to an activating group) is 1. The number of aliphatic carboxylic acids is 1. The highest BCUT2D eigenvalue weighted by atomic mass is 16.4. The molecule has 0 aliphatic carbocycles. The van der Waals surface area contributed by atoms with Gasteiger partial charge in [0.2, 0.25) is 29.5 Å². The molecule has 0 unspecified atom stereocenters. The first-order chi connectivity index (χ1) is 23.8. The number of rotatable bonds is 14. The van der Waals surface area contributed by atoms with Crippen LogP contribution in [0.15, 0.2) is 54.6 Å². The van der Waals surface area contributed by atoms with Crippen molar-refractivity contribution >= 4 is 35.5 Å². The van der Waals surface area contributed by atoms with Crippen LogP contribution in [0, 0.1) is 5.92 Å². The smallest absolute Gasteiger partial charge is 0.326 e. The lowest BCUT2D eigenvalue weighted by Crippen LogP contribution is -2.58. The summed E-state index contributed by atoms with van der Waals surface area (Å²) < 4.78 is 0. The molecule has 5 amide bonds. The second kappa shape index (κ2) is 17.1. The Hall–Kier alpha value is -4.98. The predicted molar refractivity (Wildman–Crippen MR) is 183 cm³/mol. The molecule has 2 aliphatic heterocycles. The lowest BCUT2D eigenvalue weighted by molar-refractivity contribution is -0.149. The summed E-state index contributed by atoms with van der Waals surface area (Å²) in [4.78, 5) is 83.1. The molecule has 2 heterocycles. The van der Waals surface area contributed by atoms with E-state index in [4.69, 9.17) is 5.73 Å². The summed E-state index contributed by atoms with van der Waals surface area (Å²) >= 11 is 0. The SMILES string of the molecule is CC(C)[C@H](NC(=O)[C@@H](N)Cc1ccc(O)cc1)C(=O)N1CCC[C@@H]1C(=O)N(C)CC(=O)N[C@@H](Cc1ccccc1)C(=O)N1CCC[C@@H]1C(=O)O. The average Bonchev–Trinajstić information content (AvgIpc) is 3.78. The lowest BCUT2D eigenvalue weighted by Gasteiger charge is -2.33. The Bertz CT molecular complexity index is 1530. The molecule has 6 N–H and O–H groups in total. The second-order valence-corrected chi connectivity index (χ2v) is 13.4. The molecule has 0 aromatic heterocycles. The van der Waals surface area contributed by atoms with Crippen LogP contribution in [0.2, 0.25) is 0 Å². The van der Waals surface area contributed by atoms with Crippen molar-refractivity contribution in [2.75, 3.05) is 26.7 Å². The molecule has 2 aliphatic rings. The summed E-state index contributed by atoms with van der Waals surface area (Å²) in [5.74, 6) is -3.84. The van der Waals surface area contributed by atoms with Gasteiger partial charge in [0, 0.05) is 26.6 Å². The molecule has 2 aromatic rings. The molecule has 14 nitrogen and oxygen atoms in total. The zero-order chi connectivity index (χ0) is 36.5. The fraction of sp³-hybridized carbons (Fsp3) is 0.500. The number of benzene rings is 2. The van der Waals surface area contributed by atoms with E-state index in [1.165, 1.54) is 33.9 Å². The van der Waals surface area contributed by atoms with Crippen LogP contribution in [0.3, 0.4) is 0 Å². The molecule has 5 atom stereocenters. The highest BCUT2D eigenvalue weighted by Crippen LogP contribution is 2.23. The molecular weight excluding hydrogens is 644 g/mol. The standard InChI is InChI=1S/C36H48N6O8/c1-22(2)31(39-32(45)26(37)19-24-13-15-25(43)16-14-24)35(48)41-17-7-11-28(41)34(47)40(3)21-30(44)38-27(20-23-9-5-4-6-10-23)33(46)42-18-8-12-29(42)36(49)50/h4-6,9-10,13-16,22,26-29,31,43H,7-8,11-12,17-21,37H2,1-3H3,(H,38,44)(H,39,45)(H,49,50)/t26-,27-,28+,29+,31-/m0/s1. The molecular formula is C36H48N6O8. The summed E-state index contributed by atoms with van der Waals surface area (Å²) in [6, 6.07) is 10.6. The van der Waals surface area contributed by atoms with Gasteiger partial charge in [0.25, 0.3) is 0 Å². The minimum absolute atomic E-state index is 0.0915. The van der Waals surface area contributed by atoms with E-state index in [1.807, 2.05) is 18.2 Å². The second-order valence-electron chi connectivity index (χ2n) is 13.4. The molecule has 4 rings (SSSR count). The molecule has 2 fully saturated rings. The predicted octanol–water partition coefficient (Wildman–Crippen LogP) is 0.655. The fourth-order valence-corrected chi connectivity index (χ4v) is 6.54. The number of hydrogen-bond donors (Lipinski definition) is 5. The van der Waals surface area contributed by atoms with Gasteiger partial charge in [0.1, 0.15) is 29.9 Å². The number of phenols is 1. The summed E-state index contributed by atoms with van der Waals surface area (Å²) in [5.41, 5.74) is 7.67. The number of carboxylic acid groups (broad SMARTS) is 1. The number of likely N-dealkylation sites (tertiary alicyclic amines) is 2. The van der Waals surface area contributed by atoms with Gasteiger partial charge in [-0.05, 0) is 61.3 Å². The zero-order valence-electron chi connectivity index (χ0n) is 28.8. The number of hydrogen-bond acceptors (Lipinski definition) is 8. The monoisotopic (exact) mass is 692 g/mol. The van der Waals surface area contributed by atoms with Gasteiger partial charge in [0.05, 0.1) is 12.6 Å². The van der Waals surface area contributed by atoms with E-state index in [0.717, 1.165) is 11.1 Å². The van der Waals surface area contributed by atoms with Crippen LogP contribution in [0.25, 0.3) is 0 Å². The van der Waals surface area contributed by atoms with E-state index in [0.29, 0.717) is 32.2 Å². The molecule has 50 heavy (non-hydrogen) atoms. The third-order valence-corrected chi connectivity index (χ3v) is 9.27. The largest absolute Gasteiger partial charge is 0.508 e. The van der Waals surface area contributed by atoms with E-state index >= 15 is 0 Å². The van der Waals surface area contributed by atoms with Crippen LogP contribution >= 0.6 is 0 Å². The highest BCUT2D eigenvalue weighted by Gasteiger charge is 2.41. The van der Waals surface area contributed by atoms with Crippen molar-refractivity contribution in [3.05, 3.63) is 65.7 Å². The Morgan fingerprint density at radius 3 is 2.02 bits per heavy atom. The van der Waals surface area contributed by atoms with Gasteiger partial charge in [-0.25, -0.2) is 4.79 Å². The molecule has 0 bridgehead atoms. The van der Waals surface area contributed by atoms with Crippen molar-refractivity contribution in [3.63, 3.8) is 0 Å². The number of carbonyl (C=O) groups is 6. The maximum Gasteiger partial charge on any atom is 0.326 e. The van der Waals surface area contributed by atoms with Crippen molar-refractivity contribution < 1.29 is 39.0 Å². The van der Waals surface area contributed by atoms with Crippen LogP contribution in [0.5, 0.6) is 5.75 Å². The quantitative estimate of drug-likeness (QED) is 0.189. The number of phenolic OH excluding ortho intramolecular Hbond substituents is 1. The Balaban J connectivity index is 1.39. The Morgan fingerprint density at radius 1 is 0.840 bits per heavy atom. The molecule has 0 spiro atoms. The van der Waals surface area contributed by atoms with E-state index in [2.05, 4.69) is 10.6 Å². The fourth-order valence-electron chi connectivity index (χ4n) is 6.54. The van der Waals surface area contributed by atoms with Crippen LogP contribution < -0.4 is 16.4 Å². The summed E-state index contributed by atoms with van der Waals surface area (Å²) in [6.45, 7) is 3.73. The van der Waals surface area contributed by atoms with Crippen molar-refractivity contribution in [3.8, 4) is 5.75 Å². The Morgan fingerprint density at radius 2 is 1.42 bits per heavy atom. The first kappa shape index (κ1) is 37.8. The molecule has 2 saturated heterocycles. The van der Waals surface area contributed by atoms with Gasteiger partial charge in [0.15, 0.2) is 0 Å². The van der Waals surface area contributed by atoms with Crippen LogP contribution in [-0.2, 0) is 41.6 Å². The third-order valence-electron chi connectivity index (χ3n) is 9.27. The minimum Gasteiger partial charge on any atom is -0.508 e. The van der Waals surface area contributed by atoms with Crippen molar-refractivity contribution in [2.45, 2.75) is 82.6 Å². The lowest BCUT2D eigenvalue weighted by atomic mass is 10.00. The van der Waals surface area contributed by atoms with E-state index in [9.17, 15) is 39.0 Å². The topological polar surface area (TPSA) is 203 Å². The first-order valence-corrected chi connectivity index (χ1v) is 17.0. The number of aromatic hydroxyl groups is 1. The van der Waals surface area contributed by atoms with E-state index < -0.39 is 72.3 Å². The number of nitrogens with two attached hydrogens (primary N) is 1. The van der Waals surface area contributed by atoms with Gasteiger partial charge >= 0.3 is 5.97 Å². The van der Waals surface area contributed by atoms with Crippen LogP contribution in [0.1, 0.15) is 50.7 Å². The first-order valence-electron chi connectivity index (χ1n) is 17.0. The maximum absolute atomic E-state index is 13.8. The summed E-state index contributed by atoms with van der Waals surface area (Å²) in [6.07, 6.45) is 2.12. The molecule has 2 aromatic carbocycles. The van der Waals surface area contributed by atoms with Crippen molar-refractivity contribution in [2.24, 2.45) is 11.7 Å². The highest BCUT2D eigenvalue weighted by molar-refractivity contribution is 5.96. The number of carboxylic acids is 1. The van der Waals surface area contributed by atoms with Gasteiger partial charge in [-0.3, -0.25) is 24.0 Å². The number of amides is 5.